The summed E-state index contributed by atoms with van der Waals surface area (Å²) in [6, 6.07) is 0. The summed E-state index contributed by atoms with van der Waals surface area (Å²) in [5, 5.41) is 0. The normalized spacial score (nSPS) is 25.6. The van der Waals surface area contributed by atoms with E-state index in [1.54, 1.807) is 6.92 Å². The van der Waals surface area contributed by atoms with E-state index in [0.717, 1.165) is 25.7 Å². The molecule has 0 aromatic heterocycles. The highest BCUT2D eigenvalue weighted by Crippen LogP contribution is 2.38. The minimum atomic E-state index is -0.804. The third-order valence-electron chi connectivity index (χ3n) is 5.57. The third-order valence-corrected chi connectivity index (χ3v) is 5.57. The van der Waals surface area contributed by atoms with Crippen molar-refractivity contribution in [1.29, 1.82) is 0 Å². The van der Waals surface area contributed by atoms with Crippen LogP contribution in [0.5, 0.6) is 0 Å². The van der Waals surface area contributed by atoms with Crippen LogP contribution in [0.25, 0.3) is 0 Å². The molecule has 0 amide bonds. The molecule has 1 saturated heterocycles. The molecule has 5 heteroatoms. The van der Waals surface area contributed by atoms with Crippen molar-refractivity contribution in [3.8, 4) is 0 Å². The number of carbonyl (C=O) groups is 1. The van der Waals surface area contributed by atoms with Crippen molar-refractivity contribution in [2.24, 2.45) is 5.92 Å². The topological polar surface area (TPSA) is 54.0 Å². The molecule has 1 spiro atoms. The van der Waals surface area contributed by atoms with Crippen LogP contribution in [0, 0.1) is 5.92 Å². The second-order valence-electron chi connectivity index (χ2n) is 8.11. The fourth-order valence-electron chi connectivity index (χ4n) is 3.94. The van der Waals surface area contributed by atoms with Crippen LogP contribution in [0.15, 0.2) is 0 Å². The maximum Gasteiger partial charge on any atom is 0.234 e. The summed E-state index contributed by atoms with van der Waals surface area (Å²) in [6.07, 6.45) is 16.2. The van der Waals surface area contributed by atoms with Gasteiger partial charge in [-0.15, -0.1) is 0 Å². The highest BCUT2D eigenvalue weighted by molar-refractivity contribution is 5.75. The van der Waals surface area contributed by atoms with Gasteiger partial charge in [-0.3, -0.25) is 0 Å². The van der Waals surface area contributed by atoms with Gasteiger partial charge in [-0.1, -0.05) is 51.4 Å². The molecule has 0 N–H and O–H groups in total. The average molecular weight is 371 g/mol. The number of carbonyl (C=O) groups excluding carboxylic acids is 1. The molecule has 1 aliphatic carbocycles. The predicted octanol–water partition coefficient (Wildman–Crippen LogP) is 5.66. The van der Waals surface area contributed by atoms with Crippen molar-refractivity contribution in [3.05, 3.63) is 0 Å². The molecule has 0 atom stereocenters. The number of ketones is 1. The smallest absolute Gasteiger partial charge is 0.234 e. The SMILES string of the molecule is CC(=O)CC1CCC2(CC1)OOCCCCCCCCCCCCOO2. The van der Waals surface area contributed by atoms with Crippen molar-refractivity contribution >= 4 is 5.78 Å². The van der Waals surface area contributed by atoms with Crippen LogP contribution in [0.4, 0.5) is 0 Å². The van der Waals surface area contributed by atoms with Crippen LogP contribution in [-0.2, 0) is 24.3 Å². The Labute approximate surface area is 159 Å². The maximum absolute atomic E-state index is 11.4. The molecule has 1 aliphatic heterocycles. The van der Waals surface area contributed by atoms with Crippen LogP contribution >= 0.6 is 0 Å². The number of rotatable bonds is 2. The Bertz CT molecular complexity index is 357. The number of hydrogen-bond acceptors (Lipinski definition) is 5. The molecule has 2 aliphatic rings. The molecular weight excluding hydrogens is 332 g/mol. The fourth-order valence-corrected chi connectivity index (χ4v) is 3.94. The first-order valence-corrected chi connectivity index (χ1v) is 10.8. The molecule has 152 valence electrons. The van der Waals surface area contributed by atoms with E-state index in [0.29, 0.717) is 38.4 Å². The first-order chi connectivity index (χ1) is 12.7. The van der Waals surface area contributed by atoms with E-state index in [1.165, 1.54) is 51.4 Å². The van der Waals surface area contributed by atoms with Gasteiger partial charge in [0, 0.05) is 19.3 Å². The van der Waals surface area contributed by atoms with E-state index < -0.39 is 5.79 Å². The quantitative estimate of drug-likeness (QED) is 0.587. The molecule has 1 heterocycles. The lowest BCUT2D eigenvalue weighted by Crippen LogP contribution is -2.40. The highest BCUT2D eigenvalue weighted by atomic mass is 17.3. The lowest BCUT2D eigenvalue weighted by atomic mass is 9.82. The maximum atomic E-state index is 11.4. The Morgan fingerprint density at radius 2 is 1.19 bits per heavy atom. The molecule has 0 unspecified atom stereocenters. The monoisotopic (exact) mass is 370 g/mol. The van der Waals surface area contributed by atoms with Crippen molar-refractivity contribution in [2.75, 3.05) is 13.2 Å². The Kier molecular flexibility index (Phi) is 10.8. The summed E-state index contributed by atoms with van der Waals surface area (Å²) in [4.78, 5) is 33.8. The van der Waals surface area contributed by atoms with Crippen LogP contribution in [-0.4, -0.2) is 24.8 Å². The summed E-state index contributed by atoms with van der Waals surface area (Å²) in [5.41, 5.74) is 0. The zero-order valence-corrected chi connectivity index (χ0v) is 16.6. The first kappa shape index (κ1) is 21.8. The first-order valence-electron chi connectivity index (χ1n) is 10.8. The second kappa shape index (κ2) is 12.8. The summed E-state index contributed by atoms with van der Waals surface area (Å²) in [6.45, 7) is 2.86. The minimum absolute atomic E-state index is 0.259. The molecule has 5 nitrogen and oxygen atoms in total. The fraction of sp³-hybridized carbons (Fsp3) is 0.952. The van der Waals surface area contributed by atoms with Gasteiger partial charge in [0.1, 0.15) is 5.78 Å². The summed E-state index contributed by atoms with van der Waals surface area (Å²) in [5.74, 6) is -0.120. The molecule has 1 saturated carbocycles. The van der Waals surface area contributed by atoms with E-state index in [2.05, 4.69) is 0 Å². The second-order valence-corrected chi connectivity index (χ2v) is 8.11. The lowest BCUT2D eigenvalue weighted by Gasteiger charge is -2.36. The van der Waals surface area contributed by atoms with Crippen LogP contribution in [0.2, 0.25) is 0 Å². The molecule has 0 aromatic rings. The van der Waals surface area contributed by atoms with Gasteiger partial charge in [-0.25, -0.2) is 9.78 Å². The molecule has 0 aromatic carbocycles. The van der Waals surface area contributed by atoms with Crippen molar-refractivity contribution in [3.63, 3.8) is 0 Å². The zero-order valence-electron chi connectivity index (χ0n) is 16.6. The third kappa shape index (κ3) is 8.94. The lowest BCUT2D eigenvalue weighted by molar-refractivity contribution is -0.518. The number of Topliss-reactive ketones (excluding diaryl/α,β-unsaturated/α-hetero) is 1. The zero-order chi connectivity index (χ0) is 18.5. The number of hydrogen-bond donors (Lipinski definition) is 0. The van der Waals surface area contributed by atoms with Gasteiger partial charge in [0.05, 0.1) is 13.2 Å². The molecule has 26 heavy (non-hydrogen) atoms. The van der Waals surface area contributed by atoms with E-state index in [9.17, 15) is 4.79 Å². The van der Waals surface area contributed by atoms with E-state index in [1.807, 2.05) is 0 Å². The van der Waals surface area contributed by atoms with Gasteiger partial charge in [0.2, 0.25) is 5.79 Å². The van der Waals surface area contributed by atoms with Gasteiger partial charge in [-0.05, 0) is 38.5 Å². The summed E-state index contributed by atoms with van der Waals surface area (Å²) >= 11 is 0. The molecule has 2 rings (SSSR count). The summed E-state index contributed by atoms with van der Waals surface area (Å²) in [7, 11) is 0. The standard InChI is InChI=1S/C21H38O5/c1-19(22)18-20-12-14-21(15-13-20)25-23-16-10-8-6-4-2-3-5-7-9-11-17-24-26-21/h20H,2-18H2,1H3. The highest BCUT2D eigenvalue weighted by Gasteiger charge is 2.40. The summed E-state index contributed by atoms with van der Waals surface area (Å²) < 4.78 is 0. The molecular formula is C21H38O5. The Hall–Kier alpha value is -0.490. The van der Waals surface area contributed by atoms with Gasteiger partial charge in [-0.2, -0.15) is 9.78 Å². The van der Waals surface area contributed by atoms with E-state index >= 15 is 0 Å². The van der Waals surface area contributed by atoms with Crippen LogP contribution in [0.1, 0.15) is 103 Å². The largest absolute Gasteiger partial charge is 0.300 e. The molecule has 0 bridgehead atoms. The van der Waals surface area contributed by atoms with Gasteiger partial charge < -0.3 is 4.79 Å². The van der Waals surface area contributed by atoms with Gasteiger partial charge in [0.25, 0.3) is 0 Å². The van der Waals surface area contributed by atoms with E-state index in [4.69, 9.17) is 19.6 Å². The average Bonchev–Trinajstić information content (AvgIpc) is 2.62. The van der Waals surface area contributed by atoms with Crippen LogP contribution < -0.4 is 0 Å². The predicted molar refractivity (Wildman–Crippen MR) is 100 cm³/mol. The minimum Gasteiger partial charge on any atom is -0.300 e. The Morgan fingerprint density at radius 3 is 1.62 bits per heavy atom. The van der Waals surface area contributed by atoms with E-state index in [-0.39, 0.29) is 5.78 Å². The molecule has 2 fully saturated rings. The van der Waals surface area contributed by atoms with Crippen molar-refractivity contribution < 1.29 is 24.3 Å². The van der Waals surface area contributed by atoms with Crippen molar-refractivity contribution in [1.82, 2.24) is 0 Å². The van der Waals surface area contributed by atoms with Crippen LogP contribution in [0.3, 0.4) is 0 Å². The Balaban J connectivity index is 1.79. The van der Waals surface area contributed by atoms with Crippen molar-refractivity contribution in [2.45, 2.75) is 109 Å². The van der Waals surface area contributed by atoms with Gasteiger partial charge in [0.15, 0.2) is 0 Å². The van der Waals surface area contributed by atoms with Gasteiger partial charge >= 0.3 is 0 Å². The molecule has 0 radical (unpaired) electrons. The Morgan fingerprint density at radius 1 is 0.769 bits per heavy atom.